The van der Waals surface area contributed by atoms with Gasteiger partial charge in [0.2, 0.25) is 0 Å². The summed E-state index contributed by atoms with van der Waals surface area (Å²) in [5, 5.41) is 8.84. The van der Waals surface area contributed by atoms with E-state index in [-0.39, 0.29) is 12.1 Å². The van der Waals surface area contributed by atoms with Crippen LogP contribution < -0.4 is 5.69 Å². The first-order chi connectivity index (χ1) is 14.4. The molecule has 4 aromatic rings. The third-order valence-corrected chi connectivity index (χ3v) is 4.86. The van der Waals surface area contributed by atoms with E-state index >= 15 is 0 Å². The van der Waals surface area contributed by atoms with Crippen molar-refractivity contribution in [1.29, 1.82) is 5.26 Å². The summed E-state index contributed by atoms with van der Waals surface area (Å²) >= 11 is 0. The van der Waals surface area contributed by atoms with E-state index in [4.69, 9.17) is 5.26 Å². The number of unbranched alkanes of at least 4 members (excludes halogenated alkanes) is 1. The highest BCUT2D eigenvalue weighted by molar-refractivity contribution is 5.77. The van der Waals surface area contributed by atoms with Crippen LogP contribution in [0.4, 0.5) is 13.2 Å². The van der Waals surface area contributed by atoms with Crippen LogP contribution in [0.25, 0.3) is 22.1 Å². The van der Waals surface area contributed by atoms with Gasteiger partial charge in [0.05, 0.1) is 40.9 Å². The predicted molar refractivity (Wildman–Crippen MR) is 104 cm³/mol. The van der Waals surface area contributed by atoms with Gasteiger partial charge in [-0.05, 0) is 24.6 Å². The molecule has 0 bridgehead atoms. The Morgan fingerprint density at radius 1 is 1.03 bits per heavy atom. The Balaban J connectivity index is 1.83. The minimum absolute atomic E-state index is 0.00683. The molecule has 0 saturated heterocycles. The van der Waals surface area contributed by atoms with Crippen LogP contribution >= 0.6 is 0 Å². The summed E-state index contributed by atoms with van der Waals surface area (Å²) in [7, 11) is 0. The molecule has 154 valence electrons. The maximum absolute atomic E-state index is 13.0. The number of para-hydroxylation sites is 2. The fourth-order valence-corrected chi connectivity index (χ4v) is 3.60. The first-order valence-corrected chi connectivity index (χ1v) is 9.30. The summed E-state index contributed by atoms with van der Waals surface area (Å²) < 4.78 is 43.0. The van der Waals surface area contributed by atoms with Crippen LogP contribution in [-0.2, 0) is 19.6 Å². The molecule has 0 N–H and O–H groups in total. The molecule has 4 rings (SSSR count). The maximum atomic E-state index is 13.0. The second-order valence-electron chi connectivity index (χ2n) is 6.86. The Kier molecular flexibility index (Phi) is 5.03. The Labute approximate surface area is 168 Å². The van der Waals surface area contributed by atoms with Crippen molar-refractivity contribution >= 4 is 22.1 Å². The molecule has 10 heteroatoms. The molecule has 0 aliphatic carbocycles. The van der Waals surface area contributed by atoms with Crippen molar-refractivity contribution in [2.45, 2.75) is 38.7 Å². The topological polar surface area (TPSA) is 81.4 Å². The number of hydrogen-bond acceptors (Lipinski definition) is 4. The molecular formula is C20H17F3N6O. The van der Waals surface area contributed by atoms with E-state index in [1.54, 1.807) is 0 Å². The zero-order valence-corrected chi connectivity index (χ0v) is 15.8. The Morgan fingerprint density at radius 2 is 1.83 bits per heavy atom. The highest BCUT2D eigenvalue weighted by Gasteiger charge is 2.31. The van der Waals surface area contributed by atoms with Gasteiger partial charge in [0.25, 0.3) is 0 Å². The Bertz CT molecular complexity index is 1310. The van der Waals surface area contributed by atoms with Crippen molar-refractivity contribution in [3.63, 3.8) is 0 Å². The third kappa shape index (κ3) is 3.66. The fraction of sp³-hybridized carbons (Fsp3) is 0.300. The molecule has 3 heterocycles. The molecule has 0 aliphatic heterocycles. The zero-order chi connectivity index (χ0) is 21.3. The van der Waals surface area contributed by atoms with Crippen molar-refractivity contribution in [1.82, 2.24) is 23.7 Å². The lowest BCUT2D eigenvalue weighted by Crippen LogP contribution is -2.30. The lowest BCUT2D eigenvalue weighted by Gasteiger charge is -2.09. The van der Waals surface area contributed by atoms with Crippen molar-refractivity contribution in [3.05, 3.63) is 59.0 Å². The summed E-state index contributed by atoms with van der Waals surface area (Å²) in [6.07, 6.45) is -0.837. The minimum Gasteiger partial charge on any atom is -0.326 e. The van der Waals surface area contributed by atoms with Crippen LogP contribution in [0.15, 0.2) is 47.5 Å². The van der Waals surface area contributed by atoms with Crippen molar-refractivity contribution in [2.24, 2.45) is 0 Å². The molecule has 0 amide bonds. The number of fused-ring (bicyclic) bond motifs is 2. The van der Waals surface area contributed by atoms with Crippen LogP contribution in [0.2, 0.25) is 0 Å². The fourth-order valence-electron chi connectivity index (χ4n) is 3.60. The SMILES string of the molecule is N#CCCCn1c(Cn2c(=O)n(CC(F)(F)F)c3ccncc32)nc2ccccc21. The lowest BCUT2D eigenvalue weighted by atomic mass is 10.3. The van der Waals surface area contributed by atoms with E-state index in [1.165, 1.54) is 23.0 Å². The van der Waals surface area contributed by atoms with Gasteiger partial charge in [0.15, 0.2) is 0 Å². The van der Waals surface area contributed by atoms with Crippen LogP contribution in [0.3, 0.4) is 0 Å². The smallest absolute Gasteiger partial charge is 0.326 e. The summed E-state index contributed by atoms with van der Waals surface area (Å²) in [4.78, 5) is 21.4. The molecule has 0 saturated carbocycles. The van der Waals surface area contributed by atoms with Gasteiger partial charge >= 0.3 is 11.9 Å². The molecule has 30 heavy (non-hydrogen) atoms. The molecule has 0 spiro atoms. The molecule has 0 fully saturated rings. The number of nitrogens with zero attached hydrogens (tertiary/aromatic N) is 6. The number of hydrogen-bond donors (Lipinski definition) is 0. The predicted octanol–water partition coefficient (Wildman–Crippen LogP) is 3.46. The average Bonchev–Trinajstić information content (AvgIpc) is 3.18. The number of rotatable bonds is 6. The van der Waals surface area contributed by atoms with Gasteiger partial charge in [-0.15, -0.1) is 0 Å². The lowest BCUT2D eigenvalue weighted by molar-refractivity contribution is -0.140. The molecular weight excluding hydrogens is 397 g/mol. The van der Waals surface area contributed by atoms with Crippen LogP contribution in [0.1, 0.15) is 18.7 Å². The molecule has 0 unspecified atom stereocenters. The zero-order valence-electron chi connectivity index (χ0n) is 15.8. The van der Waals surface area contributed by atoms with E-state index in [0.717, 1.165) is 11.0 Å². The van der Waals surface area contributed by atoms with Gasteiger partial charge in [-0.25, -0.2) is 9.78 Å². The van der Waals surface area contributed by atoms with Gasteiger partial charge in [-0.1, -0.05) is 12.1 Å². The number of nitriles is 1. The maximum Gasteiger partial charge on any atom is 0.406 e. The normalized spacial score (nSPS) is 11.9. The van der Waals surface area contributed by atoms with E-state index in [0.29, 0.717) is 35.3 Å². The second kappa shape index (κ2) is 7.67. The summed E-state index contributed by atoms with van der Waals surface area (Å²) in [6.45, 7) is -0.872. The summed E-state index contributed by atoms with van der Waals surface area (Å²) in [5.74, 6) is 0.533. The van der Waals surface area contributed by atoms with Crippen molar-refractivity contribution < 1.29 is 13.2 Å². The number of halogens is 3. The highest BCUT2D eigenvalue weighted by Crippen LogP contribution is 2.22. The average molecular weight is 414 g/mol. The number of pyridine rings is 1. The minimum atomic E-state index is -4.53. The Morgan fingerprint density at radius 3 is 2.60 bits per heavy atom. The molecule has 1 aromatic carbocycles. The van der Waals surface area contributed by atoms with Gasteiger partial charge < -0.3 is 4.57 Å². The van der Waals surface area contributed by atoms with Crippen molar-refractivity contribution in [3.8, 4) is 6.07 Å². The van der Waals surface area contributed by atoms with Crippen LogP contribution in [-0.4, -0.2) is 29.8 Å². The van der Waals surface area contributed by atoms with Gasteiger partial charge in [-0.3, -0.25) is 14.1 Å². The number of benzene rings is 1. The number of aryl methyl sites for hydroxylation is 1. The first-order valence-electron chi connectivity index (χ1n) is 9.30. The van der Waals surface area contributed by atoms with E-state index in [9.17, 15) is 18.0 Å². The van der Waals surface area contributed by atoms with Crippen molar-refractivity contribution in [2.75, 3.05) is 0 Å². The number of aromatic nitrogens is 5. The number of alkyl halides is 3. The molecule has 3 aromatic heterocycles. The third-order valence-electron chi connectivity index (χ3n) is 4.86. The Hall–Kier alpha value is -3.61. The largest absolute Gasteiger partial charge is 0.406 e. The monoisotopic (exact) mass is 414 g/mol. The van der Waals surface area contributed by atoms with Crippen LogP contribution in [0, 0.1) is 11.3 Å². The summed E-state index contributed by atoms with van der Waals surface area (Å²) in [5.41, 5.74) is 1.26. The van der Waals surface area contributed by atoms with E-state index in [2.05, 4.69) is 16.0 Å². The van der Waals surface area contributed by atoms with Gasteiger partial charge in [0, 0.05) is 19.2 Å². The molecule has 7 nitrogen and oxygen atoms in total. The van der Waals surface area contributed by atoms with E-state index in [1.807, 2.05) is 28.8 Å². The number of imidazole rings is 2. The first kappa shape index (κ1) is 19.7. The summed E-state index contributed by atoms with van der Waals surface area (Å²) in [6, 6.07) is 10.9. The van der Waals surface area contributed by atoms with Gasteiger partial charge in [0.1, 0.15) is 12.4 Å². The van der Waals surface area contributed by atoms with E-state index < -0.39 is 18.4 Å². The van der Waals surface area contributed by atoms with Crippen LogP contribution in [0.5, 0.6) is 0 Å². The standard InChI is InChI=1S/C20H17F3N6O/c21-20(22,23)13-29-16-7-9-25-11-17(16)28(19(29)30)12-18-26-14-5-1-2-6-15(14)27(18)10-4-3-8-24/h1-2,5-7,9,11H,3-4,10,12-13H2. The molecule has 0 radical (unpaired) electrons. The quantitative estimate of drug-likeness (QED) is 0.453. The molecule has 0 atom stereocenters. The molecule has 0 aliphatic rings. The second-order valence-corrected chi connectivity index (χ2v) is 6.86. The highest BCUT2D eigenvalue weighted by atomic mass is 19.4. The van der Waals surface area contributed by atoms with Gasteiger partial charge in [-0.2, -0.15) is 18.4 Å².